The molecule has 0 unspecified atom stereocenters. The summed E-state index contributed by atoms with van der Waals surface area (Å²) in [5.74, 6) is 0.781. The number of imidazole rings is 1. The topological polar surface area (TPSA) is 96.7 Å². The van der Waals surface area contributed by atoms with E-state index in [1.165, 1.54) is 5.56 Å². The van der Waals surface area contributed by atoms with Crippen molar-refractivity contribution in [3.8, 4) is 22.6 Å². The number of nitrogens with zero attached hydrogens (tertiary/aromatic N) is 2. The van der Waals surface area contributed by atoms with E-state index in [-0.39, 0.29) is 17.9 Å². The van der Waals surface area contributed by atoms with Crippen LogP contribution < -0.4 is 11.1 Å². The average Bonchev–Trinajstić information content (AvgIpc) is 3.17. The van der Waals surface area contributed by atoms with Crippen LogP contribution in [0.3, 0.4) is 0 Å². The summed E-state index contributed by atoms with van der Waals surface area (Å²) in [6.45, 7) is 2.42. The van der Waals surface area contributed by atoms with Crippen molar-refractivity contribution in [3.63, 3.8) is 0 Å². The van der Waals surface area contributed by atoms with E-state index in [1.54, 1.807) is 6.20 Å². The summed E-state index contributed by atoms with van der Waals surface area (Å²) < 4.78 is 0. The number of aromatic nitrogens is 3. The number of hydrogen-bond acceptors (Lipinski definition) is 4. The van der Waals surface area contributed by atoms with Gasteiger partial charge in [-0.3, -0.25) is 9.78 Å². The number of carbonyl (C=O) groups excluding carboxylic acids is 1. The molecular formula is C23H27N5O. The lowest BCUT2D eigenvalue weighted by atomic mass is 9.85. The van der Waals surface area contributed by atoms with Crippen molar-refractivity contribution in [1.82, 2.24) is 20.3 Å². The van der Waals surface area contributed by atoms with Crippen molar-refractivity contribution in [2.24, 2.45) is 11.7 Å². The van der Waals surface area contributed by atoms with Gasteiger partial charge in [0.25, 0.3) is 0 Å². The van der Waals surface area contributed by atoms with Crippen LogP contribution in [0.2, 0.25) is 0 Å². The molecule has 1 amide bonds. The fourth-order valence-electron chi connectivity index (χ4n) is 3.90. The van der Waals surface area contributed by atoms with E-state index in [0.717, 1.165) is 54.2 Å². The molecule has 1 aliphatic carbocycles. The Labute approximate surface area is 171 Å². The SMILES string of the molecule is Cc1ccc(-c2nc(CNC(=O)[C@@H]3CCC[C@H](N)C3)[nH]c2-c2ccccn2)cc1. The van der Waals surface area contributed by atoms with E-state index in [4.69, 9.17) is 10.7 Å². The Bertz CT molecular complexity index is 965. The molecule has 150 valence electrons. The Morgan fingerprint density at radius 3 is 2.76 bits per heavy atom. The molecule has 6 nitrogen and oxygen atoms in total. The lowest BCUT2D eigenvalue weighted by Gasteiger charge is -2.25. The van der Waals surface area contributed by atoms with Crippen molar-refractivity contribution < 1.29 is 4.79 Å². The van der Waals surface area contributed by atoms with Gasteiger partial charge in [-0.05, 0) is 38.3 Å². The Kier molecular flexibility index (Phi) is 5.71. The maximum atomic E-state index is 12.6. The largest absolute Gasteiger partial charge is 0.349 e. The van der Waals surface area contributed by atoms with Crippen LogP contribution in [-0.4, -0.2) is 26.9 Å². The Morgan fingerprint density at radius 2 is 2.03 bits per heavy atom. The van der Waals surface area contributed by atoms with E-state index in [2.05, 4.69) is 46.5 Å². The van der Waals surface area contributed by atoms with Crippen molar-refractivity contribution in [2.45, 2.75) is 45.2 Å². The molecule has 6 heteroatoms. The Balaban J connectivity index is 1.56. The van der Waals surface area contributed by atoms with Crippen LogP contribution in [0.1, 0.15) is 37.1 Å². The third-order valence-electron chi connectivity index (χ3n) is 5.51. The molecule has 0 spiro atoms. The average molecular weight is 390 g/mol. The van der Waals surface area contributed by atoms with Gasteiger partial charge in [-0.1, -0.05) is 42.3 Å². The van der Waals surface area contributed by atoms with Gasteiger partial charge in [-0.25, -0.2) is 4.98 Å². The highest BCUT2D eigenvalue weighted by Crippen LogP contribution is 2.29. The maximum Gasteiger partial charge on any atom is 0.223 e. The van der Waals surface area contributed by atoms with Gasteiger partial charge in [0, 0.05) is 23.7 Å². The van der Waals surface area contributed by atoms with Gasteiger partial charge in [-0.2, -0.15) is 0 Å². The second-order valence-electron chi connectivity index (χ2n) is 7.83. The third-order valence-corrected chi connectivity index (χ3v) is 5.51. The normalized spacial score (nSPS) is 19.1. The highest BCUT2D eigenvalue weighted by molar-refractivity contribution is 5.79. The molecule has 29 heavy (non-hydrogen) atoms. The molecule has 0 saturated heterocycles. The number of aromatic amines is 1. The van der Waals surface area contributed by atoms with Gasteiger partial charge in [0.2, 0.25) is 5.91 Å². The van der Waals surface area contributed by atoms with E-state index in [0.29, 0.717) is 6.54 Å². The first-order valence-corrected chi connectivity index (χ1v) is 10.2. The van der Waals surface area contributed by atoms with Gasteiger partial charge in [-0.15, -0.1) is 0 Å². The minimum Gasteiger partial charge on any atom is -0.349 e. The fraction of sp³-hybridized carbons (Fsp3) is 0.348. The number of aryl methyl sites for hydroxylation is 1. The predicted molar refractivity (Wildman–Crippen MR) is 114 cm³/mol. The van der Waals surface area contributed by atoms with Crippen LogP contribution in [0.5, 0.6) is 0 Å². The predicted octanol–water partition coefficient (Wildman–Crippen LogP) is 3.58. The van der Waals surface area contributed by atoms with E-state index >= 15 is 0 Å². The first-order valence-electron chi connectivity index (χ1n) is 10.2. The number of rotatable bonds is 5. The van der Waals surface area contributed by atoms with E-state index < -0.39 is 0 Å². The second kappa shape index (κ2) is 8.57. The highest BCUT2D eigenvalue weighted by Gasteiger charge is 2.25. The van der Waals surface area contributed by atoms with E-state index in [1.807, 2.05) is 18.2 Å². The molecule has 3 aromatic rings. The van der Waals surface area contributed by atoms with Crippen LogP contribution in [-0.2, 0) is 11.3 Å². The molecule has 4 rings (SSSR count). The minimum atomic E-state index is 0.000501. The Hall–Kier alpha value is -2.99. The summed E-state index contributed by atoms with van der Waals surface area (Å²) in [6.07, 6.45) is 5.46. The maximum absolute atomic E-state index is 12.6. The Morgan fingerprint density at radius 1 is 1.21 bits per heavy atom. The zero-order chi connectivity index (χ0) is 20.2. The standard InChI is InChI=1S/C23H27N5O/c1-15-8-10-16(11-9-15)21-22(19-7-2-3-12-25-19)28-20(27-21)14-26-23(29)17-5-4-6-18(24)13-17/h2-3,7-12,17-18H,4-6,13-14,24H2,1H3,(H,26,29)(H,27,28)/t17-,18+/m1/s1. The molecule has 1 fully saturated rings. The number of nitrogens with two attached hydrogens (primary N) is 1. The molecule has 2 heterocycles. The summed E-state index contributed by atoms with van der Waals surface area (Å²) in [4.78, 5) is 25.2. The zero-order valence-corrected chi connectivity index (χ0v) is 16.7. The molecule has 1 aliphatic rings. The molecule has 2 aromatic heterocycles. The summed E-state index contributed by atoms with van der Waals surface area (Å²) in [5.41, 5.74) is 10.8. The molecule has 0 aliphatic heterocycles. The van der Waals surface area contributed by atoms with Crippen LogP contribution in [0.15, 0.2) is 48.7 Å². The summed E-state index contributed by atoms with van der Waals surface area (Å²) in [5, 5.41) is 3.03. The second-order valence-corrected chi connectivity index (χ2v) is 7.83. The lowest BCUT2D eigenvalue weighted by molar-refractivity contribution is -0.126. The lowest BCUT2D eigenvalue weighted by Crippen LogP contribution is -2.37. The quantitative estimate of drug-likeness (QED) is 0.621. The summed E-state index contributed by atoms with van der Waals surface area (Å²) in [6, 6.07) is 14.2. The smallest absolute Gasteiger partial charge is 0.223 e. The number of carbonyl (C=O) groups is 1. The number of pyridine rings is 1. The van der Waals surface area contributed by atoms with Gasteiger partial charge >= 0.3 is 0 Å². The van der Waals surface area contributed by atoms with E-state index in [9.17, 15) is 4.79 Å². The molecule has 2 atom stereocenters. The van der Waals surface area contributed by atoms with Crippen molar-refractivity contribution in [3.05, 3.63) is 60.0 Å². The first kappa shape index (κ1) is 19.3. The molecule has 1 saturated carbocycles. The molecule has 0 bridgehead atoms. The van der Waals surface area contributed by atoms with Crippen LogP contribution >= 0.6 is 0 Å². The van der Waals surface area contributed by atoms with Crippen LogP contribution in [0, 0.1) is 12.8 Å². The number of hydrogen-bond donors (Lipinski definition) is 3. The van der Waals surface area contributed by atoms with Gasteiger partial charge in [0.15, 0.2) is 0 Å². The summed E-state index contributed by atoms with van der Waals surface area (Å²) >= 11 is 0. The zero-order valence-electron chi connectivity index (χ0n) is 16.7. The molecule has 1 aromatic carbocycles. The molecule has 0 radical (unpaired) electrons. The monoisotopic (exact) mass is 389 g/mol. The van der Waals surface area contributed by atoms with Crippen molar-refractivity contribution in [2.75, 3.05) is 0 Å². The minimum absolute atomic E-state index is 0.000501. The third kappa shape index (κ3) is 4.54. The summed E-state index contributed by atoms with van der Waals surface area (Å²) in [7, 11) is 0. The molecule has 4 N–H and O–H groups in total. The number of nitrogens with one attached hydrogen (secondary N) is 2. The van der Waals surface area contributed by atoms with Crippen molar-refractivity contribution in [1.29, 1.82) is 0 Å². The molecular weight excluding hydrogens is 362 g/mol. The van der Waals surface area contributed by atoms with Crippen LogP contribution in [0.4, 0.5) is 0 Å². The fourth-order valence-corrected chi connectivity index (χ4v) is 3.90. The van der Waals surface area contributed by atoms with Gasteiger partial charge in [0.1, 0.15) is 5.82 Å². The number of amides is 1. The number of H-pyrrole nitrogens is 1. The van der Waals surface area contributed by atoms with Gasteiger partial charge < -0.3 is 16.0 Å². The first-order chi connectivity index (χ1) is 14.1. The number of benzene rings is 1. The van der Waals surface area contributed by atoms with Crippen molar-refractivity contribution >= 4 is 5.91 Å². The van der Waals surface area contributed by atoms with Gasteiger partial charge in [0.05, 0.1) is 23.6 Å². The highest BCUT2D eigenvalue weighted by atomic mass is 16.1. The van der Waals surface area contributed by atoms with Crippen LogP contribution in [0.25, 0.3) is 22.6 Å².